The van der Waals surface area contributed by atoms with E-state index in [-0.39, 0.29) is 6.42 Å². The number of carbonyl (C=O) groups excluding carboxylic acids is 1. The number of nitrogens with zero attached hydrogens (tertiary/aromatic N) is 1. The van der Waals surface area contributed by atoms with E-state index in [1.807, 2.05) is 0 Å². The lowest BCUT2D eigenvalue weighted by atomic mass is 10.1. The lowest BCUT2D eigenvalue weighted by Crippen LogP contribution is -2.21. The fourth-order valence-corrected chi connectivity index (χ4v) is 0.676. The van der Waals surface area contributed by atoms with Crippen LogP contribution in [0.25, 0.3) is 0 Å². The minimum Gasteiger partial charge on any atom is -0.294 e. The number of Topliss-reactive ketones (excluding diaryl/α,β-unsaturated/α-hetero) is 1. The summed E-state index contributed by atoms with van der Waals surface area (Å²) in [5.74, 6) is -0.924. The van der Waals surface area contributed by atoms with E-state index in [2.05, 4.69) is 4.99 Å². The van der Waals surface area contributed by atoms with Crippen LogP contribution in [0.5, 0.6) is 0 Å². The predicted molar refractivity (Wildman–Crippen MR) is 32.3 cm³/mol. The summed E-state index contributed by atoms with van der Waals surface area (Å²) in [6, 6.07) is 0. The molecular formula is C6H4F3NO. The Balaban J connectivity index is 2.93. The van der Waals surface area contributed by atoms with Crippen LogP contribution in [0.2, 0.25) is 0 Å². The van der Waals surface area contributed by atoms with Crippen LogP contribution in [0.3, 0.4) is 0 Å². The number of aliphatic imine (C=N–C) groups is 1. The van der Waals surface area contributed by atoms with E-state index >= 15 is 0 Å². The van der Waals surface area contributed by atoms with Crippen LogP contribution < -0.4 is 0 Å². The molecule has 0 atom stereocenters. The first-order valence-corrected chi connectivity index (χ1v) is 2.84. The summed E-state index contributed by atoms with van der Waals surface area (Å²) >= 11 is 0. The molecule has 0 bridgehead atoms. The topological polar surface area (TPSA) is 29.4 Å². The van der Waals surface area contributed by atoms with Crippen LogP contribution in [-0.2, 0) is 4.79 Å². The van der Waals surface area contributed by atoms with Gasteiger partial charge in [-0.2, -0.15) is 13.2 Å². The van der Waals surface area contributed by atoms with Crippen molar-refractivity contribution in [1.82, 2.24) is 0 Å². The number of hydrogen-bond donors (Lipinski definition) is 0. The summed E-state index contributed by atoms with van der Waals surface area (Å²) in [6.07, 6.45) is -3.12. The van der Waals surface area contributed by atoms with Gasteiger partial charge >= 0.3 is 6.18 Å². The van der Waals surface area contributed by atoms with Gasteiger partial charge in [-0.3, -0.25) is 9.79 Å². The van der Waals surface area contributed by atoms with E-state index in [4.69, 9.17) is 0 Å². The standard InChI is InChI=1S/C6H4F3NO/c7-6(8,9)4-3-10-2-1-5(4)11/h2-3H,1H2. The molecule has 1 heterocycles. The third-order valence-corrected chi connectivity index (χ3v) is 1.19. The fourth-order valence-electron chi connectivity index (χ4n) is 0.676. The smallest absolute Gasteiger partial charge is 0.294 e. The lowest BCUT2D eigenvalue weighted by molar-refractivity contribution is -0.128. The van der Waals surface area contributed by atoms with Gasteiger partial charge in [0.15, 0.2) is 5.78 Å². The van der Waals surface area contributed by atoms with Gasteiger partial charge in [-0.25, -0.2) is 0 Å². The first-order valence-electron chi connectivity index (χ1n) is 2.84. The molecule has 2 nitrogen and oxygen atoms in total. The Kier molecular flexibility index (Phi) is 1.80. The Morgan fingerprint density at radius 3 is 2.45 bits per heavy atom. The summed E-state index contributed by atoms with van der Waals surface area (Å²) in [7, 11) is 0. The van der Waals surface area contributed by atoms with Crippen LogP contribution >= 0.6 is 0 Å². The molecule has 0 aromatic carbocycles. The van der Waals surface area contributed by atoms with E-state index in [9.17, 15) is 18.0 Å². The SMILES string of the molecule is O=C1CC=NC=C1C(F)(F)F. The quantitative estimate of drug-likeness (QED) is 0.531. The third-order valence-electron chi connectivity index (χ3n) is 1.19. The van der Waals surface area contributed by atoms with Crippen molar-refractivity contribution in [2.24, 2.45) is 4.99 Å². The molecule has 5 heteroatoms. The zero-order valence-electron chi connectivity index (χ0n) is 5.35. The number of allylic oxidation sites excluding steroid dienone is 1. The molecule has 1 aliphatic heterocycles. The highest BCUT2D eigenvalue weighted by molar-refractivity contribution is 6.05. The zero-order chi connectivity index (χ0) is 8.48. The summed E-state index contributed by atoms with van der Waals surface area (Å²) in [5, 5.41) is 0. The molecular weight excluding hydrogens is 159 g/mol. The second-order valence-electron chi connectivity index (χ2n) is 2.00. The number of ketones is 1. The van der Waals surface area contributed by atoms with Crippen molar-refractivity contribution in [3.63, 3.8) is 0 Å². The molecule has 0 aliphatic carbocycles. The van der Waals surface area contributed by atoms with Crippen molar-refractivity contribution in [3.05, 3.63) is 11.8 Å². The van der Waals surface area contributed by atoms with Gasteiger partial charge in [-0.15, -0.1) is 0 Å². The summed E-state index contributed by atoms with van der Waals surface area (Å²) < 4.78 is 35.5. The van der Waals surface area contributed by atoms with Gasteiger partial charge in [0.25, 0.3) is 0 Å². The number of hydrogen-bond acceptors (Lipinski definition) is 2. The van der Waals surface area contributed by atoms with E-state index in [1.54, 1.807) is 0 Å². The highest BCUT2D eigenvalue weighted by Gasteiger charge is 2.38. The minimum absolute atomic E-state index is 0.259. The first-order chi connectivity index (χ1) is 5.02. The molecule has 0 fully saturated rings. The van der Waals surface area contributed by atoms with Gasteiger partial charge in [-0.1, -0.05) is 0 Å². The molecule has 1 rings (SSSR count). The molecule has 0 radical (unpaired) electrons. The average molecular weight is 163 g/mol. The van der Waals surface area contributed by atoms with E-state index in [0.717, 1.165) is 6.21 Å². The maximum Gasteiger partial charge on any atom is 0.421 e. The lowest BCUT2D eigenvalue weighted by Gasteiger charge is -2.09. The van der Waals surface area contributed by atoms with Crippen LogP contribution in [0.15, 0.2) is 16.8 Å². The molecule has 0 aromatic heterocycles. The second-order valence-corrected chi connectivity index (χ2v) is 2.00. The molecule has 1 aliphatic rings. The molecule has 11 heavy (non-hydrogen) atoms. The van der Waals surface area contributed by atoms with Crippen molar-refractivity contribution < 1.29 is 18.0 Å². The molecule has 0 saturated carbocycles. The van der Waals surface area contributed by atoms with Crippen LogP contribution in [0, 0.1) is 0 Å². The zero-order valence-corrected chi connectivity index (χ0v) is 5.35. The van der Waals surface area contributed by atoms with E-state index in [0.29, 0.717) is 6.20 Å². The molecule has 0 spiro atoms. The van der Waals surface area contributed by atoms with Gasteiger partial charge < -0.3 is 0 Å². The normalized spacial score (nSPS) is 18.5. The molecule has 0 saturated heterocycles. The molecule has 60 valence electrons. The van der Waals surface area contributed by atoms with Crippen molar-refractivity contribution >= 4 is 12.0 Å². The second kappa shape index (κ2) is 2.48. The van der Waals surface area contributed by atoms with E-state index in [1.165, 1.54) is 0 Å². The van der Waals surface area contributed by atoms with Crippen LogP contribution in [-0.4, -0.2) is 18.2 Å². The summed E-state index contributed by atoms with van der Waals surface area (Å²) in [4.78, 5) is 13.8. The number of halogens is 3. The van der Waals surface area contributed by atoms with Gasteiger partial charge in [0.1, 0.15) is 5.57 Å². The summed E-state index contributed by atoms with van der Waals surface area (Å²) in [5.41, 5.74) is -1.17. The van der Waals surface area contributed by atoms with Gasteiger partial charge in [0.2, 0.25) is 0 Å². The maximum absolute atomic E-state index is 11.8. The Labute approximate surface area is 60.4 Å². The Bertz CT molecular complexity index is 239. The molecule has 0 unspecified atom stereocenters. The number of alkyl halides is 3. The third kappa shape index (κ3) is 1.66. The van der Waals surface area contributed by atoms with E-state index < -0.39 is 17.5 Å². The first kappa shape index (κ1) is 7.97. The molecule has 0 amide bonds. The molecule has 0 aromatic rings. The van der Waals surface area contributed by atoms with Gasteiger partial charge in [0, 0.05) is 18.8 Å². The minimum atomic E-state index is -4.56. The molecule has 0 N–H and O–H groups in total. The summed E-state index contributed by atoms with van der Waals surface area (Å²) in [6.45, 7) is 0. The van der Waals surface area contributed by atoms with Crippen molar-refractivity contribution in [2.45, 2.75) is 12.6 Å². The maximum atomic E-state index is 11.8. The fraction of sp³-hybridized carbons (Fsp3) is 0.333. The monoisotopic (exact) mass is 163 g/mol. The van der Waals surface area contributed by atoms with Crippen molar-refractivity contribution in [1.29, 1.82) is 0 Å². The van der Waals surface area contributed by atoms with Gasteiger partial charge in [0.05, 0.1) is 0 Å². The van der Waals surface area contributed by atoms with Gasteiger partial charge in [-0.05, 0) is 0 Å². The van der Waals surface area contributed by atoms with Crippen molar-refractivity contribution in [3.8, 4) is 0 Å². The number of carbonyl (C=O) groups is 1. The van der Waals surface area contributed by atoms with Crippen LogP contribution in [0.4, 0.5) is 13.2 Å². The average Bonchev–Trinajstić information content (AvgIpc) is 1.86. The van der Waals surface area contributed by atoms with Crippen molar-refractivity contribution in [2.75, 3.05) is 0 Å². The largest absolute Gasteiger partial charge is 0.421 e. The Morgan fingerprint density at radius 2 is 2.09 bits per heavy atom. The Hall–Kier alpha value is -1.13. The highest BCUT2D eigenvalue weighted by atomic mass is 19.4. The highest BCUT2D eigenvalue weighted by Crippen LogP contribution is 2.27. The Morgan fingerprint density at radius 1 is 1.45 bits per heavy atom. The predicted octanol–water partition coefficient (Wildman–Crippen LogP) is 1.48. The number of rotatable bonds is 0. The van der Waals surface area contributed by atoms with Crippen LogP contribution in [0.1, 0.15) is 6.42 Å².